The molecule has 0 saturated heterocycles. The zero-order valence-corrected chi connectivity index (χ0v) is 12.0. The lowest BCUT2D eigenvalue weighted by Gasteiger charge is -2.13. The Labute approximate surface area is 128 Å². The third-order valence-electron chi connectivity index (χ3n) is 3.59. The van der Waals surface area contributed by atoms with Gasteiger partial charge in [0.05, 0.1) is 12.2 Å². The standard InChI is InChI=1S/C16H17FN2O3/c17-11-5-7-12(8-6-11)19-16(21)14(9-18)15(20)10-22-13-3-1-2-4-13/h5-8,13-14H,1-4,10H2,(H,19,21). The number of nitrogens with zero attached hydrogens (tertiary/aromatic N) is 1. The van der Waals surface area contributed by atoms with Crippen LogP contribution in [0.25, 0.3) is 0 Å². The highest BCUT2D eigenvalue weighted by Crippen LogP contribution is 2.21. The molecular weight excluding hydrogens is 287 g/mol. The Hall–Kier alpha value is -2.26. The molecule has 2 rings (SSSR count). The molecule has 1 atom stereocenters. The molecule has 1 aliphatic carbocycles. The van der Waals surface area contributed by atoms with E-state index in [1.807, 2.05) is 0 Å². The average molecular weight is 304 g/mol. The molecule has 1 fully saturated rings. The number of amides is 1. The van der Waals surface area contributed by atoms with Crippen LogP contribution in [0.2, 0.25) is 0 Å². The zero-order valence-electron chi connectivity index (χ0n) is 12.0. The number of Topliss-reactive ketones (excluding diaryl/α,β-unsaturated/α-hetero) is 1. The maximum atomic E-state index is 12.8. The van der Waals surface area contributed by atoms with E-state index in [2.05, 4.69) is 5.32 Å². The third kappa shape index (κ3) is 4.37. The van der Waals surface area contributed by atoms with E-state index >= 15 is 0 Å². The number of carbonyl (C=O) groups is 2. The zero-order chi connectivity index (χ0) is 15.9. The van der Waals surface area contributed by atoms with E-state index in [9.17, 15) is 14.0 Å². The number of ketones is 1. The van der Waals surface area contributed by atoms with Crippen LogP contribution in [0, 0.1) is 23.1 Å². The van der Waals surface area contributed by atoms with E-state index in [0.29, 0.717) is 5.69 Å². The molecule has 1 unspecified atom stereocenters. The summed E-state index contributed by atoms with van der Waals surface area (Å²) in [6, 6.07) is 6.78. The quantitative estimate of drug-likeness (QED) is 0.819. The van der Waals surface area contributed by atoms with Gasteiger partial charge in [0.25, 0.3) is 0 Å². The minimum Gasteiger partial charge on any atom is -0.370 e. The number of hydrogen-bond acceptors (Lipinski definition) is 4. The molecule has 0 aromatic heterocycles. The Bertz CT molecular complexity index is 574. The molecule has 1 aromatic rings. The van der Waals surface area contributed by atoms with Crippen molar-refractivity contribution in [2.24, 2.45) is 5.92 Å². The summed E-state index contributed by atoms with van der Waals surface area (Å²) >= 11 is 0. The van der Waals surface area contributed by atoms with Gasteiger partial charge in [-0.3, -0.25) is 9.59 Å². The fraction of sp³-hybridized carbons (Fsp3) is 0.438. The summed E-state index contributed by atoms with van der Waals surface area (Å²) in [7, 11) is 0. The Morgan fingerprint density at radius 3 is 2.55 bits per heavy atom. The highest BCUT2D eigenvalue weighted by atomic mass is 19.1. The first-order valence-corrected chi connectivity index (χ1v) is 7.20. The summed E-state index contributed by atoms with van der Waals surface area (Å²) in [6.45, 7) is -0.236. The summed E-state index contributed by atoms with van der Waals surface area (Å²) in [5, 5.41) is 11.5. The molecule has 0 aliphatic heterocycles. The smallest absolute Gasteiger partial charge is 0.249 e. The van der Waals surface area contributed by atoms with Gasteiger partial charge in [0.2, 0.25) is 5.91 Å². The normalized spacial score (nSPS) is 16.0. The molecule has 6 heteroatoms. The lowest BCUT2D eigenvalue weighted by Crippen LogP contribution is -2.32. The van der Waals surface area contributed by atoms with Crippen molar-refractivity contribution in [3.8, 4) is 6.07 Å². The van der Waals surface area contributed by atoms with Gasteiger partial charge < -0.3 is 10.1 Å². The van der Waals surface area contributed by atoms with Crippen molar-refractivity contribution < 1.29 is 18.7 Å². The molecule has 1 N–H and O–H groups in total. The fourth-order valence-corrected chi connectivity index (χ4v) is 2.36. The molecule has 0 heterocycles. The van der Waals surface area contributed by atoms with Crippen LogP contribution in [0.3, 0.4) is 0 Å². The van der Waals surface area contributed by atoms with Gasteiger partial charge in [-0.05, 0) is 37.1 Å². The first-order valence-electron chi connectivity index (χ1n) is 7.20. The van der Waals surface area contributed by atoms with Crippen molar-refractivity contribution in [2.75, 3.05) is 11.9 Å². The van der Waals surface area contributed by atoms with Crippen molar-refractivity contribution in [2.45, 2.75) is 31.8 Å². The van der Waals surface area contributed by atoms with Crippen LogP contribution in [-0.4, -0.2) is 24.4 Å². The van der Waals surface area contributed by atoms with Crippen LogP contribution in [0.4, 0.5) is 10.1 Å². The number of hydrogen-bond donors (Lipinski definition) is 1. The highest BCUT2D eigenvalue weighted by Gasteiger charge is 2.27. The van der Waals surface area contributed by atoms with Gasteiger partial charge in [-0.15, -0.1) is 0 Å². The summed E-state index contributed by atoms with van der Waals surface area (Å²) in [5.74, 6) is -3.15. The van der Waals surface area contributed by atoms with Gasteiger partial charge in [0.1, 0.15) is 12.4 Å². The minimum atomic E-state index is -1.42. The predicted octanol–water partition coefficient (Wildman–Crippen LogP) is 2.43. The maximum absolute atomic E-state index is 12.8. The van der Waals surface area contributed by atoms with Crippen LogP contribution in [0.15, 0.2) is 24.3 Å². The third-order valence-corrected chi connectivity index (χ3v) is 3.59. The number of carbonyl (C=O) groups excluding carboxylic acids is 2. The van der Waals surface area contributed by atoms with E-state index in [-0.39, 0.29) is 12.7 Å². The Morgan fingerprint density at radius 1 is 1.32 bits per heavy atom. The highest BCUT2D eigenvalue weighted by molar-refractivity contribution is 6.09. The molecule has 0 spiro atoms. The number of anilines is 1. The van der Waals surface area contributed by atoms with E-state index in [1.165, 1.54) is 24.3 Å². The summed E-state index contributed by atoms with van der Waals surface area (Å²) < 4.78 is 18.2. The van der Waals surface area contributed by atoms with Crippen LogP contribution >= 0.6 is 0 Å². The second-order valence-corrected chi connectivity index (χ2v) is 5.24. The van der Waals surface area contributed by atoms with E-state index in [4.69, 9.17) is 10.00 Å². The molecule has 22 heavy (non-hydrogen) atoms. The summed E-state index contributed by atoms with van der Waals surface area (Å²) in [4.78, 5) is 23.9. The molecule has 0 bridgehead atoms. The van der Waals surface area contributed by atoms with Crippen molar-refractivity contribution in [1.29, 1.82) is 5.26 Å². The number of nitrogens with one attached hydrogen (secondary N) is 1. The number of nitriles is 1. The number of ether oxygens (including phenoxy) is 1. The average Bonchev–Trinajstić information content (AvgIpc) is 3.01. The van der Waals surface area contributed by atoms with Crippen LogP contribution in [0.5, 0.6) is 0 Å². The number of benzene rings is 1. The van der Waals surface area contributed by atoms with Crippen molar-refractivity contribution in [3.05, 3.63) is 30.1 Å². The second kappa shape index (κ2) is 7.66. The van der Waals surface area contributed by atoms with Crippen molar-refractivity contribution in [1.82, 2.24) is 0 Å². The molecule has 1 saturated carbocycles. The lowest BCUT2D eigenvalue weighted by molar-refractivity contribution is -0.133. The van der Waals surface area contributed by atoms with Crippen LogP contribution in [0.1, 0.15) is 25.7 Å². The second-order valence-electron chi connectivity index (χ2n) is 5.24. The number of rotatable bonds is 6. The van der Waals surface area contributed by atoms with Gasteiger partial charge in [0.15, 0.2) is 11.7 Å². The Morgan fingerprint density at radius 2 is 1.95 bits per heavy atom. The largest absolute Gasteiger partial charge is 0.370 e. The van der Waals surface area contributed by atoms with Crippen LogP contribution < -0.4 is 5.32 Å². The molecular formula is C16H17FN2O3. The van der Waals surface area contributed by atoms with Crippen LogP contribution in [-0.2, 0) is 14.3 Å². The summed E-state index contributed by atoms with van der Waals surface area (Å²) in [5.41, 5.74) is 0.330. The SMILES string of the molecule is N#CC(C(=O)COC1CCCC1)C(=O)Nc1ccc(F)cc1. The molecule has 5 nitrogen and oxygen atoms in total. The Balaban J connectivity index is 1.88. The van der Waals surface area contributed by atoms with E-state index in [1.54, 1.807) is 6.07 Å². The topological polar surface area (TPSA) is 79.2 Å². The molecule has 116 valence electrons. The lowest BCUT2D eigenvalue weighted by atomic mass is 10.1. The van der Waals surface area contributed by atoms with E-state index < -0.39 is 23.4 Å². The Kier molecular flexibility index (Phi) is 5.61. The molecule has 1 amide bonds. The minimum absolute atomic E-state index is 0.0449. The van der Waals surface area contributed by atoms with Gasteiger partial charge in [-0.25, -0.2) is 4.39 Å². The molecule has 1 aromatic carbocycles. The molecule has 1 aliphatic rings. The molecule has 0 radical (unpaired) electrons. The fourth-order valence-electron chi connectivity index (χ4n) is 2.36. The van der Waals surface area contributed by atoms with Crippen molar-refractivity contribution in [3.63, 3.8) is 0 Å². The predicted molar refractivity (Wildman–Crippen MR) is 77.3 cm³/mol. The van der Waals surface area contributed by atoms with Crippen molar-refractivity contribution >= 4 is 17.4 Å². The van der Waals surface area contributed by atoms with Gasteiger partial charge in [-0.2, -0.15) is 5.26 Å². The number of halogens is 1. The van der Waals surface area contributed by atoms with Gasteiger partial charge >= 0.3 is 0 Å². The first kappa shape index (κ1) is 16.1. The van der Waals surface area contributed by atoms with E-state index in [0.717, 1.165) is 25.7 Å². The maximum Gasteiger partial charge on any atom is 0.249 e. The summed E-state index contributed by atoms with van der Waals surface area (Å²) in [6.07, 6.45) is 4.01. The van der Waals surface area contributed by atoms with Gasteiger partial charge in [-0.1, -0.05) is 12.8 Å². The monoisotopic (exact) mass is 304 g/mol. The first-order chi connectivity index (χ1) is 10.6. The van der Waals surface area contributed by atoms with Gasteiger partial charge in [0, 0.05) is 5.69 Å².